The SMILES string of the molecule is O=C1NC(=O)C2(Cc3c(nc4ccccn4c3=O)N3CCCCCC32)C(=O)N1C1CCCCC1. The van der Waals surface area contributed by atoms with Gasteiger partial charge in [-0.1, -0.05) is 38.2 Å². The van der Waals surface area contributed by atoms with Crippen LogP contribution in [0.15, 0.2) is 29.2 Å². The highest BCUT2D eigenvalue weighted by atomic mass is 16.2. The number of nitrogens with zero attached hydrogens (tertiary/aromatic N) is 4. The van der Waals surface area contributed by atoms with E-state index in [1.54, 1.807) is 18.3 Å². The molecule has 4 amide bonds. The third kappa shape index (κ3) is 2.95. The van der Waals surface area contributed by atoms with E-state index in [1.807, 2.05) is 11.0 Å². The number of hydrogen-bond acceptors (Lipinski definition) is 6. The van der Waals surface area contributed by atoms with E-state index in [9.17, 15) is 19.2 Å². The summed E-state index contributed by atoms with van der Waals surface area (Å²) in [7, 11) is 0. The zero-order valence-electron chi connectivity index (χ0n) is 19.2. The molecule has 4 aliphatic rings. The van der Waals surface area contributed by atoms with Crippen molar-refractivity contribution >= 4 is 29.3 Å². The lowest BCUT2D eigenvalue weighted by Gasteiger charge is -2.52. The van der Waals surface area contributed by atoms with Gasteiger partial charge in [-0.25, -0.2) is 9.78 Å². The number of rotatable bonds is 1. The van der Waals surface area contributed by atoms with E-state index in [-0.39, 0.29) is 18.0 Å². The van der Waals surface area contributed by atoms with Crippen LogP contribution in [0.25, 0.3) is 5.65 Å². The number of barbiturate groups is 1. The largest absolute Gasteiger partial charge is 0.352 e. The molecule has 2 unspecified atom stereocenters. The minimum absolute atomic E-state index is 0.0334. The fraction of sp³-hybridized carbons (Fsp3) is 0.560. The summed E-state index contributed by atoms with van der Waals surface area (Å²) in [5.74, 6) is -0.432. The number of carbonyl (C=O) groups is 3. The van der Waals surface area contributed by atoms with Crippen LogP contribution in [0.3, 0.4) is 0 Å². The Morgan fingerprint density at radius 1 is 0.941 bits per heavy atom. The number of hydrogen-bond donors (Lipinski definition) is 1. The maximum absolute atomic E-state index is 14.3. The lowest BCUT2D eigenvalue weighted by atomic mass is 9.67. The van der Waals surface area contributed by atoms with Crippen LogP contribution in [0.4, 0.5) is 10.6 Å². The first-order valence-electron chi connectivity index (χ1n) is 12.5. The van der Waals surface area contributed by atoms with Gasteiger partial charge in [-0.3, -0.25) is 29.0 Å². The van der Waals surface area contributed by atoms with Crippen molar-refractivity contribution in [1.82, 2.24) is 19.6 Å². The molecule has 1 N–H and O–H groups in total. The molecule has 178 valence electrons. The molecule has 5 heterocycles. The lowest BCUT2D eigenvalue weighted by molar-refractivity contribution is -0.155. The van der Waals surface area contributed by atoms with Crippen molar-refractivity contribution < 1.29 is 14.4 Å². The van der Waals surface area contributed by atoms with Crippen LogP contribution in [0.1, 0.15) is 63.4 Å². The van der Waals surface area contributed by atoms with E-state index < -0.39 is 29.3 Å². The molecule has 1 aliphatic carbocycles. The predicted molar refractivity (Wildman–Crippen MR) is 124 cm³/mol. The first kappa shape index (κ1) is 21.3. The number of amides is 4. The third-order valence-corrected chi connectivity index (χ3v) is 8.24. The van der Waals surface area contributed by atoms with E-state index in [2.05, 4.69) is 5.32 Å². The number of fused-ring (bicyclic) bond motifs is 5. The Morgan fingerprint density at radius 3 is 2.53 bits per heavy atom. The van der Waals surface area contributed by atoms with Gasteiger partial charge in [0.25, 0.3) is 5.56 Å². The Bertz CT molecular complexity index is 1250. The van der Waals surface area contributed by atoms with Crippen LogP contribution in [0.5, 0.6) is 0 Å². The second-order valence-corrected chi connectivity index (χ2v) is 10.1. The Morgan fingerprint density at radius 2 is 1.71 bits per heavy atom. The van der Waals surface area contributed by atoms with Crippen LogP contribution in [0.2, 0.25) is 0 Å². The molecular formula is C25H29N5O4. The van der Waals surface area contributed by atoms with Gasteiger partial charge in [0.2, 0.25) is 11.8 Å². The summed E-state index contributed by atoms with van der Waals surface area (Å²) in [4.78, 5) is 62.6. The molecule has 0 bridgehead atoms. The Balaban J connectivity index is 1.54. The van der Waals surface area contributed by atoms with Gasteiger partial charge in [-0.2, -0.15) is 0 Å². The number of imide groups is 2. The van der Waals surface area contributed by atoms with Crippen LogP contribution in [-0.4, -0.2) is 50.8 Å². The number of nitrogens with one attached hydrogen (secondary N) is 1. The minimum Gasteiger partial charge on any atom is -0.352 e. The summed E-state index contributed by atoms with van der Waals surface area (Å²) in [6, 6.07) is 4.13. The molecule has 2 aromatic heterocycles. The molecule has 1 spiro atoms. The summed E-state index contributed by atoms with van der Waals surface area (Å²) >= 11 is 0. The van der Waals surface area contributed by atoms with Crippen LogP contribution >= 0.6 is 0 Å². The van der Waals surface area contributed by atoms with E-state index in [0.717, 1.165) is 51.4 Å². The zero-order chi connectivity index (χ0) is 23.4. The predicted octanol–water partition coefficient (Wildman–Crippen LogP) is 2.40. The number of carbonyl (C=O) groups excluding carboxylic acids is 3. The van der Waals surface area contributed by atoms with Crippen molar-refractivity contribution in [3.8, 4) is 0 Å². The van der Waals surface area contributed by atoms with Gasteiger partial charge < -0.3 is 4.90 Å². The van der Waals surface area contributed by atoms with Crippen LogP contribution < -0.4 is 15.8 Å². The van der Waals surface area contributed by atoms with Gasteiger partial charge in [0, 0.05) is 25.2 Å². The number of aromatic nitrogens is 2. The third-order valence-electron chi connectivity index (χ3n) is 8.24. The molecule has 0 aromatic carbocycles. The van der Waals surface area contributed by atoms with Crippen molar-refractivity contribution in [1.29, 1.82) is 0 Å². The van der Waals surface area contributed by atoms with Gasteiger partial charge in [-0.05, 0) is 37.8 Å². The molecule has 6 rings (SSSR count). The average molecular weight is 464 g/mol. The summed E-state index contributed by atoms with van der Waals surface area (Å²) in [5.41, 5.74) is -0.844. The molecule has 9 nitrogen and oxygen atoms in total. The van der Waals surface area contributed by atoms with Crippen molar-refractivity contribution in [2.24, 2.45) is 5.41 Å². The summed E-state index contributed by atoms with van der Waals surface area (Å²) in [6.45, 7) is 0.618. The molecule has 2 saturated heterocycles. The summed E-state index contributed by atoms with van der Waals surface area (Å²) < 4.78 is 1.47. The molecule has 9 heteroatoms. The normalized spacial score (nSPS) is 28.0. The fourth-order valence-corrected chi connectivity index (χ4v) is 6.57. The average Bonchev–Trinajstić information content (AvgIpc) is 3.11. The first-order valence-corrected chi connectivity index (χ1v) is 12.5. The molecule has 34 heavy (non-hydrogen) atoms. The van der Waals surface area contributed by atoms with E-state index in [0.29, 0.717) is 30.0 Å². The van der Waals surface area contributed by atoms with Gasteiger partial charge in [0.05, 0.1) is 11.6 Å². The van der Waals surface area contributed by atoms with Crippen molar-refractivity contribution in [2.75, 3.05) is 11.4 Å². The molecule has 2 aromatic rings. The highest BCUT2D eigenvalue weighted by molar-refractivity contribution is 6.20. The van der Waals surface area contributed by atoms with Gasteiger partial charge in [0.15, 0.2) is 5.41 Å². The van der Waals surface area contributed by atoms with Crippen LogP contribution in [0, 0.1) is 5.41 Å². The van der Waals surface area contributed by atoms with Crippen molar-refractivity contribution in [2.45, 2.75) is 76.3 Å². The maximum Gasteiger partial charge on any atom is 0.331 e. The minimum atomic E-state index is -1.51. The fourth-order valence-electron chi connectivity index (χ4n) is 6.57. The number of pyridine rings is 1. The van der Waals surface area contributed by atoms with Crippen molar-refractivity contribution in [3.63, 3.8) is 0 Å². The number of anilines is 1. The molecule has 2 atom stereocenters. The standard InChI is InChI=1S/C25H29N5O4/c31-21-17-15-25(22(32)27-24(34)30(23(25)33)16-9-3-1-4-10-16)18-11-5-2-7-13-28(18)20(17)26-19-12-6-8-14-29(19)21/h6,8,12,14,16,18H,1-5,7,9-11,13,15H2,(H,27,32,34). The number of urea groups is 1. The molecule has 3 fully saturated rings. The maximum atomic E-state index is 14.3. The first-order chi connectivity index (χ1) is 16.5. The highest BCUT2D eigenvalue weighted by Crippen LogP contribution is 2.46. The molecular weight excluding hydrogens is 434 g/mol. The highest BCUT2D eigenvalue weighted by Gasteiger charge is 2.63. The smallest absolute Gasteiger partial charge is 0.331 e. The summed E-state index contributed by atoms with van der Waals surface area (Å²) in [5, 5.41) is 2.53. The topological polar surface area (TPSA) is 104 Å². The quantitative estimate of drug-likeness (QED) is 0.652. The Labute approximate surface area is 197 Å². The molecule has 0 radical (unpaired) electrons. The molecule has 3 aliphatic heterocycles. The van der Waals surface area contributed by atoms with E-state index in [1.165, 1.54) is 9.30 Å². The monoisotopic (exact) mass is 463 g/mol. The van der Waals surface area contributed by atoms with Gasteiger partial charge >= 0.3 is 6.03 Å². The van der Waals surface area contributed by atoms with Crippen LogP contribution in [-0.2, 0) is 16.0 Å². The summed E-state index contributed by atoms with van der Waals surface area (Å²) in [6.07, 6.45) is 9.52. The van der Waals surface area contributed by atoms with E-state index in [4.69, 9.17) is 4.98 Å². The second kappa shape index (κ2) is 7.92. The Kier molecular flexibility index (Phi) is 4.97. The lowest BCUT2D eigenvalue weighted by Crippen LogP contribution is -2.73. The van der Waals surface area contributed by atoms with E-state index >= 15 is 0 Å². The zero-order valence-corrected chi connectivity index (χ0v) is 19.2. The Hall–Kier alpha value is -3.23. The van der Waals surface area contributed by atoms with Gasteiger partial charge in [0.1, 0.15) is 11.5 Å². The van der Waals surface area contributed by atoms with Gasteiger partial charge in [-0.15, -0.1) is 0 Å². The molecule has 1 saturated carbocycles. The second-order valence-electron chi connectivity index (χ2n) is 10.1. The van der Waals surface area contributed by atoms with Crippen molar-refractivity contribution in [3.05, 3.63) is 40.3 Å².